The van der Waals surface area contributed by atoms with Crippen LogP contribution in [0, 0.1) is 11.3 Å². The van der Waals surface area contributed by atoms with Crippen LogP contribution in [0.25, 0.3) is 5.76 Å². The SMILES string of the molecule is CCN1c2ccccc2C2=C([C@@H](c3ccccc3)C(C#N)=C(N)O2)S1(=O)=O. The molecular weight excluding hydrogens is 362 g/mol. The molecular formula is C20H17N3O3S. The monoisotopic (exact) mass is 379 g/mol. The number of nitrogens with two attached hydrogens (primary N) is 1. The Morgan fingerprint density at radius 3 is 2.48 bits per heavy atom. The van der Waals surface area contributed by atoms with Crippen molar-refractivity contribution in [1.29, 1.82) is 5.26 Å². The number of nitrogens with zero attached hydrogens (tertiary/aromatic N) is 2. The Labute approximate surface area is 157 Å². The number of ether oxygens (including phenoxy) is 1. The second-order valence-corrected chi connectivity index (χ2v) is 8.05. The van der Waals surface area contributed by atoms with Crippen molar-refractivity contribution in [2.75, 3.05) is 10.8 Å². The predicted molar refractivity (Wildman–Crippen MR) is 102 cm³/mol. The molecule has 0 aromatic heterocycles. The minimum atomic E-state index is -3.90. The fourth-order valence-electron chi connectivity index (χ4n) is 3.63. The third kappa shape index (κ3) is 2.41. The molecule has 0 radical (unpaired) electrons. The molecule has 6 nitrogen and oxygen atoms in total. The first-order valence-electron chi connectivity index (χ1n) is 8.49. The van der Waals surface area contributed by atoms with Crippen molar-refractivity contribution in [1.82, 2.24) is 0 Å². The second kappa shape index (κ2) is 6.18. The molecule has 2 aromatic rings. The molecule has 1 atom stereocenters. The van der Waals surface area contributed by atoms with Gasteiger partial charge in [0.1, 0.15) is 16.5 Å². The van der Waals surface area contributed by atoms with E-state index in [1.54, 1.807) is 49.4 Å². The summed E-state index contributed by atoms with van der Waals surface area (Å²) in [6, 6.07) is 18.2. The minimum Gasteiger partial charge on any atom is -0.439 e. The second-order valence-electron chi connectivity index (χ2n) is 6.22. The van der Waals surface area contributed by atoms with Crippen molar-refractivity contribution in [3.8, 4) is 6.07 Å². The molecule has 2 aliphatic rings. The van der Waals surface area contributed by atoms with Crippen LogP contribution in [-0.2, 0) is 14.8 Å². The van der Waals surface area contributed by atoms with Crippen molar-refractivity contribution in [2.45, 2.75) is 12.8 Å². The Balaban J connectivity index is 2.08. The van der Waals surface area contributed by atoms with Gasteiger partial charge in [0.15, 0.2) is 5.76 Å². The Morgan fingerprint density at radius 2 is 1.81 bits per heavy atom. The summed E-state index contributed by atoms with van der Waals surface area (Å²) in [6.45, 7) is 2.04. The van der Waals surface area contributed by atoms with E-state index in [9.17, 15) is 13.7 Å². The van der Waals surface area contributed by atoms with Crippen LogP contribution in [0.1, 0.15) is 24.0 Å². The summed E-state index contributed by atoms with van der Waals surface area (Å²) in [5.74, 6) is -0.687. The summed E-state index contributed by atoms with van der Waals surface area (Å²) in [5.41, 5.74) is 7.98. The number of anilines is 1. The fourth-order valence-corrected chi connectivity index (χ4v) is 5.56. The molecule has 4 rings (SSSR count). The average Bonchev–Trinajstić information content (AvgIpc) is 2.68. The van der Waals surface area contributed by atoms with Gasteiger partial charge in [0.05, 0.1) is 11.6 Å². The molecule has 0 saturated carbocycles. The summed E-state index contributed by atoms with van der Waals surface area (Å²) in [4.78, 5) is 0.0556. The number of sulfonamides is 1. The van der Waals surface area contributed by atoms with Gasteiger partial charge in [0.2, 0.25) is 5.88 Å². The van der Waals surface area contributed by atoms with Crippen molar-refractivity contribution in [3.63, 3.8) is 0 Å². The van der Waals surface area contributed by atoms with Crippen LogP contribution in [-0.4, -0.2) is 15.0 Å². The van der Waals surface area contributed by atoms with Gasteiger partial charge < -0.3 is 10.5 Å². The molecule has 2 aliphatic heterocycles. The largest absolute Gasteiger partial charge is 0.439 e. The summed E-state index contributed by atoms with van der Waals surface area (Å²) in [6.07, 6.45) is 0. The Hall–Kier alpha value is -3.24. The molecule has 2 N–H and O–H groups in total. The summed E-state index contributed by atoms with van der Waals surface area (Å²) >= 11 is 0. The van der Waals surface area contributed by atoms with Crippen LogP contribution in [0.2, 0.25) is 0 Å². The first-order valence-corrected chi connectivity index (χ1v) is 9.93. The highest BCUT2D eigenvalue weighted by molar-refractivity contribution is 7.97. The molecule has 2 heterocycles. The molecule has 0 amide bonds. The van der Waals surface area contributed by atoms with E-state index in [4.69, 9.17) is 10.5 Å². The van der Waals surface area contributed by atoms with E-state index in [1.165, 1.54) is 4.31 Å². The fraction of sp³-hybridized carbons (Fsp3) is 0.150. The summed E-state index contributed by atoms with van der Waals surface area (Å²) in [5, 5.41) is 9.67. The number of rotatable bonds is 2. The van der Waals surface area contributed by atoms with Gasteiger partial charge in [-0.1, -0.05) is 42.5 Å². The lowest BCUT2D eigenvalue weighted by Crippen LogP contribution is -2.39. The Morgan fingerprint density at radius 1 is 1.15 bits per heavy atom. The van der Waals surface area contributed by atoms with E-state index in [1.807, 2.05) is 18.2 Å². The molecule has 0 aliphatic carbocycles. The molecule has 27 heavy (non-hydrogen) atoms. The van der Waals surface area contributed by atoms with Crippen LogP contribution >= 0.6 is 0 Å². The third-order valence-corrected chi connectivity index (χ3v) is 6.79. The van der Waals surface area contributed by atoms with Gasteiger partial charge >= 0.3 is 0 Å². The maximum absolute atomic E-state index is 13.5. The highest BCUT2D eigenvalue weighted by Crippen LogP contribution is 2.50. The van der Waals surface area contributed by atoms with Gasteiger partial charge in [0, 0.05) is 12.1 Å². The molecule has 0 unspecified atom stereocenters. The average molecular weight is 379 g/mol. The van der Waals surface area contributed by atoms with Crippen molar-refractivity contribution >= 4 is 21.5 Å². The van der Waals surface area contributed by atoms with E-state index in [0.717, 1.165) is 0 Å². The van der Waals surface area contributed by atoms with Gasteiger partial charge in [-0.3, -0.25) is 4.31 Å². The van der Waals surface area contributed by atoms with E-state index in [0.29, 0.717) is 16.8 Å². The number of para-hydroxylation sites is 1. The molecule has 0 saturated heterocycles. The van der Waals surface area contributed by atoms with Crippen molar-refractivity contribution in [2.24, 2.45) is 5.73 Å². The molecule has 7 heteroatoms. The number of hydrogen-bond acceptors (Lipinski definition) is 5. The highest BCUT2D eigenvalue weighted by Gasteiger charge is 2.46. The first kappa shape index (κ1) is 17.2. The summed E-state index contributed by atoms with van der Waals surface area (Å²) in [7, 11) is -3.90. The van der Waals surface area contributed by atoms with Crippen LogP contribution in [0.4, 0.5) is 5.69 Å². The zero-order valence-electron chi connectivity index (χ0n) is 14.6. The number of benzene rings is 2. The van der Waals surface area contributed by atoms with E-state index < -0.39 is 15.9 Å². The normalized spacial score (nSPS) is 20.4. The predicted octanol–water partition coefficient (Wildman–Crippen LogP) is 3.03. The molecule has 0 bridgehead atoms. The number of allylic oxidation sites excluding steroid dienone is 2. The molecule has 2 aromatic carbocycles. The highest BCUT2D eigenvalue weighted by atomic mass is 32.2. The van der Waals surface area contributed by atoms with Gasteiger partial charge in [-0.05, 0) is 24.6 Å². The number of nitriles is 1. The van der Waals surface area contributed by atoms with Crippen LogP contribution in [0.3, 0.4) is 0 Å². The third-order valence-electron chi connectivity index (χ3n) is 4.78. The quantitative estimate of drug-likeness (QED) is 0.865. The molecule has 0 fully saturated rings. The Bertz CT molecular complexity index is 1130. The lowest BCUT2D eigenvalue weighted by Gasteiger charge is -2.37. The van der Waals surface area contributed by atoms with Gasteiger partial charge in [-0.15, -0.1) is 0 Å². The maximum atomic E-state index is 13.5. The molecule has 136 valence electrons. The van der Waals surface area contributed by atoms with E-state index in [-0.39, 0.29) is 28.7 Å². The summed E-state index contributed by atoms with van der Waals surface area (Å²) < 4.78 is 34.1. The number of fused-ring (bicyclic) bond motifs is 2. The standard InChI is InChI=1S/C20H17N3O3S/c1-2-23-16-11-7-6-10-14(16)18-19(27(23,24)25)17(13-8-4-3-5-9-13)15(12-21)20(22)26-18/h3-11,17H,2,22H2,1H3/t17-/m0/s1. The van der Waals surface area contributed by atoms with Crippen LogP contribution < -0.4 is 10.0 Å². The smallest absolute Gasteiger partial charge is 0.265 e. The lowest BCUT2D eigenvalue weighted by molar-refractivity contribution is 0.357. The van der Waals surface area contributed by atoms with Crippen LogP contribution in [0.15, 0.2) is 71.0 Å². The molecule has 0 spiro atoms. The van der Waals surface area contributed by atoms with Gasteiger partial charge in [-0.25, -0.2) is 8.42 Å². The van der Waals surface area contributed by atoms with E-state index >= 15 is 0 Å². The van der Waals surface area contributed by atoms with E-state index in [2.05, 4.69) is 0 Å². The first-order chi connectivity index (χ1) is 13.0. The topological polar surface area (TPSA) is 96.4 Å². The zero-order valence-corrected chi connectivity index (χ0v) is 15.4. The van der Waals surface area contributed by atoms with Crippen molar-refractivity contribution < 1.29 is 13.2 Å². The van der Waals surface area contributed by atoms with Crippen molar-refractivity contribution in [3.05, 3.63) is 82.1 Å². The Kier molecular flexibility index (Phi) is 3.93. The van der Waals surface area contributed by atoms with Crippen LogP contribution in [0.5, 0.6) is 0 Å². The maximum Gasteiger partial charge on any atom is 0.265 e. The van der Waals surface area contributed by atoms with Gasteiger partial charge in [0.25, 0.3) is 10.0 Å². The van der Waals surface area contributed by atoms with Gasteiger partial charge in [-0.2, -0.15) is 5.26 Å². The number of hydrogen-bond donors (Lipinski definition) is 1. The minimum absolute atomic E-state index is 0.0556. The zero-order chi connectivity index (χ0) is 19.2. The lowest BCUT2D eigenvalue weighted by atomic mass is 9.88.